The molecule has 0 aromatic carbocycles. The Morgan fingerprint density at radius 2 is 1.57 bits per heavy atom. The summed E-state index contributed by atoms with van der Waals surface area (Å²) in [4.78, 5) is 0. The fourth-order valence-corrected chi connectivity index (χ4v) is 4.82. The van der Waals surface area contributed by atoms with E-state index in [1.807, 2.05) is 0 Å². The molecule has 0 aromatic heterocycles. The van der Waals surface area contributed by atoms with Gasteiger partial charge in [0.05, 0.1) is 0 Å². The molecule has 1 fully saturated rings. The molecule has 0 amide bonds. The average Bonchev–Trinajstić information content (AvgIpc) is 1.87. The van der Waals surface area contributed by atoms with Crippen molar-refractivity contribution in [2.75, 3.05) is 0 Å². The first kappa shape index (κ1) is 5.92. The van der Waals surface area contributed by atoms with E-state index >= 15 is 0 Å². The van der Waals surface area contributed by atoms with E-state index < -0.39 is 0 Å². The van der Waals surface area contributed by atoms with Crippen LogP contribution in [0.15, 0.2) is 0 Å². The Hall–Kier alpha value is 0.790. The quantitative estimate of drug-likeness (QED) is 0.539. The minimum atomic E-state index is 0.461. The summed E-state index contributed by atoms with van der Waals surface area (Å²) >= 11 is 0.461. The molecule has 0 N–H and O–H groups in total. The molecule has 0 spiro atoms. The Labute approximate surface area is 55.8 Å². The summed E-state index contributed by atoms with van der Waals surface area (Å²) in [6, 6.07) is 0. The molecule has 1 aliphatic rings. The van der Waals surface area contributed by atoms with Crippen LogP contribution in [0.5, 0.6) is 0 Å². The number of rotatable bonds is 0. The van der Waals surface area contributed by atoms with Gasteiger partial charge in [-0.25, -0.2) is 0 Å². The second kappa shape index (κ2) is 2.37. The molecule has 0 saturated carbocycles. The van der Waals surface area contributed by atoms with Crippen molar-refractivity contribution in [1.29, 1.82) is 0 Å². The predicted molar refractivity (Wildman–Crippen MR) is 33.8 cm³/mol. The molecule has 7 heavy (non-hydrogen) atoms. The Kier molecular flexibility index (Phi) is 2.01. The standard InChI is InChI=1S/C6H12Te/c1-5-3-4-6(2)7-5/h5-6H,3-4H2,1-2H3/t5-,6-/m1/s1. The third-order valence-electron chi connectivity index (χ3n) is 1.44. The van der Waals surface area contributed by atoms with E-state index in [9.17, 15) is 0 Å². The van der Waals surface area contributed by atoms with Crippen LogP contribution >= 0.6 is 0 Å². The summed E-state index contributed by atoms with van der Waals surface area (Å²) in [6.07, 6.45) is 3.06. The summed E-state index contributed by atoms with van der Waals surface area (Å²) in [7, 11) is 0. The van der Waals surface area contributed by atoms with Gasteiger partial charge in [-0.2, -0.15) is 0 Å². The van der Waals surface area contributed by atoms with Crippen molar-refractivity contribution in [2.45, 2.75) is 34.6 Å². The molecule has 0 aromatic rings. The first-order valence-electron chi connectivity index (χ1n) is 2.94. The third-order valence-corrected chi connectivity index (χ3v) is 5.44. The summed E-state index contributed by atoms with van der Waals surface area (Å²) in [5.74, 6) is 0. The normalized spacial score (nSPS) is 42.0. The summed E-state index contributed by atoms with van der Waals surface area (Å²) in [5.41, 5.74) is 0. The van der Waals surface area contributed by atoms with Crippen LogP contribution in [-0.4, -0.2) is 20.9 Å². The van der Waals surface area contributed by atoms with Crippen LogP contribution in [0.2, 0.25) is 7.93 Å². The van der Waals surface area contributed by atoms with Crippen molar-refractivity contribution in [1.82, 2.24) is 0 Å². The third kappa shape index (κ3) is 1.63. The van der Waals surface area contributed by atoms with E-state index in [0.29, 0.717) is 20.9 Å². The molecule has 1 rings (SSSR count). The molecule has 2 atom stereocenters. The average molecular weight is 212 g/mol. The fraction of sp³-hybridized carbons (Fsp3) is 1.00. The Bertz CT molecular complexity index is 53.2. The second-order valence-electron chi connectivity index (χ2n) is 2.33. The first-order chi connectivity index (χ1) is 3.29. The van der Waals surface area contributed by atoms with Crippen molar-refractivity contribution < 1.29 is 0 Å². The molecule has 1 heterocycles. The Morgan fingerprint density at radius 3 is 1.71 bits per heavy atom. The van der Waals surface area contributed by atoms with Gasteiger partial charge >= 0.3 is 55.5 Å². The maximum atomic E-state index is 2.41. The number of hydrogen-bond donors (Lipinski definition) is 0. The monoisotopic (exact) mass is 214 g/mol. The summed E-state index contributed by atoms with van der Waals surface area (Å²) in [5, 5.41) is 0. The number of hydrogen-bond acceptors (Lipinski definition) is 0. The van der Waals surface area contributed by atoms with E-state index in [2.05, 4.69) is 13.8 Å². The summed E-state index contributed by atoms with van der Waals surface area (Å²) < 4.78 is 2.31. The van der Waals surface area contributed by atoms with Crippen LogP contribution in [-0.2, 0) is 0 Å². The van der Waals surface area contributed by atoms with E-state index in [1.165, 1.54) is 12.8 Å². The molecule has 0 radical (unpaired) electrons. The molecular weight excluding hydrogens is 200 g/mol. The van der Waals surface area contributed by atoms with Gasteiger partial charge in [0.2, 0.25) is 0 Å². The van der Waals surface area contributed by atoms with E-state index in [0.717, 1.165) is 7.93 Å². The molecule has 1 saturated heterocycles. The van der Waals surface area contributed by atoms with E-state index in [-0.39, 0.29) is 0 Å². The van der Waals surface area contributed by atoms with Crippen molar-refractivity contribution in [3.63, 3.8) is 0 Å². The van der Waals surface area contributed by atoms with E-state index in [4.69, 9.17) is 0 Å². The van der Waals surface area contributed by atoms with Crippen LogP contribution in [0.1, 0.15) is 26.7 Å². The van der Waals surface area contributed by atoms with Crippen LogP contribution in [0.4, 0.5) is 0 Å². The van der Waals surface area contributed by atoms with E-state index in [1.54, 1.807) is 0 Å². The van der Waals surface area contributed by atoms with Gasteiger partial charge in [0, 0.05) is 0 Å². The van der Waals surface area contributed by atoms with Gasteiger partial charge in [-0.3, -0.25) is 0 Å². The van der Waals surface area contributed by atoms with Crippen LogP contribution < -0.4 is 0 Å². The molecule has 0 aliphatic carbocycles. The van der Waals surface area contributed by atoms with Gasteiger partial charge in [-0.1, -0.05) is 0 Å². The van der Waals surface area contributed by atoms with Gasteiger partial charge in [-0.15, -0.1) is 0 Å². The van der Waals surface area contributed by atoms with Gasteiger partial charge in [0.15, 0.2) is 0 Å². The van der Waals surface area contributed by atoms with Crippen molar-refractivity contribution >= 4 is 20.9 Å². The van der Waals surface area contributed by atoms with Gasteiger partial charge in [0.1, 0.15) is 0 Å². The molecule has 0 bridgehead atoms. The van der Waals surface area contributed by atoms with Gasteiger partial charge < -0.3 is 0 Å². The van der Waals surface area contributed by atoms with Crippen molar-refractivity contribution in [3.05, 3.63) is 0 Å². The van der Waals surface area contributed by atoms with Crippen LogP contribution in [0.25, 0.3) is 0 Å². The Morgan fingerprint density at radius 1 is 1.14 bits per heavy atom. The van der Waals surface area contributed by atoms with Gasteiger partial charge in [-0.05, 0) is 0 Å². The predicted octanol–water partition coefficient (Wildman–Crippen LogP) is 2.10. The molecule has 0 nitrogen and oxygen atoms in total. The molecular formula is C6H12Te. The SMILES string of the molecule is C[C@@H]1CC[C@@H](C)[Te]1. The summed E-state index contributed by atoms with van der Waals surface area (Å²) in [6.45, 7) is 4.82. The fourth-order valence-electron chi connectivity index (χ4n) is 1.00. The zero-order valence-corrected chi connectivity index (χ0v) is 7.31. The molecule has 1 heteroatoms. The van der Waals surface area contributed by atoms with Crippen LogP contribution in [0.3, 0.4) is 0 Å². The molecule has 1 aliphatic heterocycles. The zero-order valence-electron chi connectivity index (χ0n) is 4.98. The maximum absolute atomic E-state index is 2.41. The van der Waals surface area contributed by atoms with Crippen molar-refractivity contribution in [2.24, 2.45) is 0 Å². The van der Waals surface area contributed by atoms with Gasteiger partial charge in [0.25, 0.3) is 0 Å². The Balaban J connectivity index is 2.26. The zero-order chi connectivity index (χ0) is 5.28. The van der Waals surface area contributed by atoms with Crippen molar-refractivity contribution in [3.8, 4) is 0 Å². The minimum absolute atomic E-state index is 0.461. The first-order valence-corrected chi connectivity index (χ1v) is 5.63. The molecule has 0 unspecified atom stereocenters. The molecule has 42 valence electrons. The topological polar surface area (TPSA) is 0 Å². The second-order valence-corrected chi connectivity index (χ2v) is 7.71. The van der Waals surface area contributed by atoms with Crippen LogP contribution in [0, 0.1) is 0 Å².